The standard InChI is InChI=1S/C26H19ClFN3O5S2/c27-17-4-3-5-20(14-17)30-37(33,34)21-11-9-19(10-12-21)29-26(32)16-31-24-13-8-18(28)15-23(24)22-6-1-2-7-25(22)38(31,35)36/h1-15,30H,16H2,(H,29,32). The van der Waals surface area contributed by atoms with Crippen molar-refractivity contribution in [3.63, 3.8) is 0 Å². The summed E-state index contributed by atoms with van der Waals surface area (Å²) in [7, 11) is -8.02. The fourth-order valence-electron chi connectivity index (χ4n) is 4.09. The molecule has 0 bridgehead atoms. The molecule has 38 heavy (non-hydrogen) atoms. The van der Waals surface area contributed by atoms with Crippen LogP contribution < -0.4 is 14.3 Å². The minimum Gasteiger partial charge on any atom is -0.325 e. The average molecular weight is 572 g/mol. The smallest absolute Gasteiger partial charge is 0.265 e. The molecule has 1 amide bonds. The predicted octanol–water partition coefficient (Wildman–Crippen LogP) is 5.09. The Labute approximate surface area is 223 Å². The van der Waals surface area contributed by atoms with Gasteiger partial charge in [-0.3, -0.25) is 13.8 Å². The summed E-state index contributed by atoms with van der Waals surface area (Å²) >= 11 is 5.90. The molecule has 0 aliphatic carbocycles. The number of nitrogens with one attached hydrogen (secondary N) is 2. The Morgan fingerprint density at radius 2 is 1.61 bits per heavy atom. The maximum Gasteiger partial charge on any atom is 0.265 e. The molecule has 4 aromatic carbocycles. The lowest BCUT2D eigenvalue weighted by Crippen LogP contribution is -2.40. The first kappa shape index (κ1) is 25.7. The van der Waals surface area contributed by atoms with Crippen LogP contribution in [0.4, 0.5) is 21.5 Å². The Bertz CT molecular complexity index is 1780. The number of hydrogen-bond donors (Lipinski definition) is 2. The van der Waals surface area contributed by atoms with Gasteiger partial charge in [-0.25, -0.2) is 21.2 Å². The Morgan fingerprint density at radius 1 is 0.868 bits per heavy atom. The number of rotatable bonds is 6. The van der Waals surface area contributed by atoms with Gasteiger partial charge in [-0.1, -0.05) is 35.9 Å². The van der Waals surface area contributed by atoms with E-state index in [0.29, 0.717) is 21.8 Å². The van der Waals surface area contributed by atoms with Crippen molar-refractivity contribution < 1.29 is 26.0 Å². The number of sulfonamides is 2. The molecule has 194 valence electrons. The largest absolute Gasteiger partial charge is 0.325 e. The summed E-state index contributed by atoms with van der Waals surface area (Å²) in [5.74, 6) is -1.21. The number of halogens is 2. The zero-order chi connectivity index (χ0) is 27.1. The number of carbonyl (C=O) groups is 1. The minimum absolute atomic E-state index is 0.0346. The number of nitrogens with zero attached hydrogens (tertiary/aromatic N) is 1. The number of anilines is 3. The summed E-state index contributed by atoms with van der Waals surface area (Å²) < 4.78 is 69.4. The highest BCUT2D eigenvalue weighted by molar-refractivity contribution is 7.93. The average Bonchev–Trinajstić information content (AvgIpc) is 2.87. The van der Waals surface area contributed by atoms with Gasteiger partial charge >= 0.3 is 0 Å². The Hall–Kier alpha value is -3.93. The van der Waals surface area contributed by atoms with Crippen molar-refractivity contribution in [2.24, 2.45) is 0 Å². The highest BCUT2D eigenvalue weighted by atomic mass is 35.5. The van der Waals surface area contributed by atoms with Gasteiger partial charge in [-0.2, -0.15) is 0 Å². The first-order valence-corrected chi connectivity index (χ1v) is 14.4. The maximum atomic E-state index is 14.0. The summed E-state index contributed by atoms with van der Waals surface area (Å²) in [4.78, 5) is 12.8. The summed E-state index contributed by atoms with van der Waals surface area (Å²) in [6.07, 6.45) is 0. The van der Waals surface area contributed by atoms with Gasteiger partial charge in [0.05, 0.1) is 21.2 Å². The van der Waals surface area contributed by atoms with Crippen LogP contribution in [0.5, 0.6) is 0 Å². The van der Waals surface area contributed by atoms with Crippen molar-refractivity contribution in [1.29, 1.82) is 0 Å². The van der Waals surface area contributed by atoms with E-state index in [-0.39, 0.29) is 21.2 Å². The summed E-state index contributed by atoms with van der Waals surface area (Å²) in [5, 5.41) is 2.95. The van der Waals surface area contributed by atoms with Crippen LogP contribution in [-0.4, -0.2) is 29.3 Å². The molecule has 0 fully saturated rings. The van der Waals surface area contributed by atoms with E-state index < -0.39 is 38.3 Å². The topological polar surface area (TPSA) is 113 Å². The van der Waals surface area contributed by atoms with Crippen LogP contribution in [0.1, 0.15) is 0 Å². The molecule has 1 aliphatic rings. The lowest BCUT2D eigenvalue weighted by Gasteiger charge is -2.31. The second-order valence-corrected chi connectivity index (χ2v) is 12.3. The molecule has 2 N–H and O–H groups in total. The molecule has 0 atom stereocenters. The molecule has 0 spiro atoms. The highest BCUT2D eigenvalue weighted by Gasteiger charge is 2.36. The van der Waals surface area contributed by atoms with E-state index in [0.717, 1.165) is 10.4 Å². The summed E-state index contributed by atoms with van der Waals surface area (Å²) in [6, 6.07) is 21.5. The lowest BCUT2D eigenvalue weighted by atomic mass is 10.0. The zero-order valence-electron chi connectivity index (χ0n) is 19.4. The van der Waals surface area contributed by atoms with E-state index in [1.54, 1.807) is 36.4 Å². The van der Waals surface area contributed by atoms with Crippen molar-refractivity contribution in [3.8, 4) is 11.1 Å². The van der Waals surface area contributed by atoms with Gasteiger partial charge in [0.2, 0.25) is 5.91 Å². The molecule has 12 heteroatoms. The fraction of sp³-hybridized carbons (Fsp3) is 0.0385. The van der Waals surface area contributed by atoms with Crippen LogP contribution >= 0.6 is 11.6 Å². The van der Waals surface area contributed by atoms with Crippen molar-refractivity contribution in [1.82, 2.24) is 0 Å². The number of carbonyl (C=O) groups excluding carboxylic acids is 1. The van der Waals surface area contributed by atoms with Gasteiger partial charge in [0.25, 0.3) is 20.0 Å². The molecular formula is C26H19ClFN3O5S2. The summed E-state index contributed by atoms with van der Waals surface area (Å²) in [6.45, 7) is -0.578. The van der Waals surface area contributed by atoms with E-state index in [9.17, 15) is 26.0 Å². The maximum absolute atomic E-state index is 14.0. The molecule has 0 aromatic heterocycles. The van der Waals surface area contributed by atoms with E-state index in [4.69, 9.17) is 11.6 Å². The molecule has 0 unspecified atom stereocenters. The molecule has 8 nitrogen and oxygen atoms in total. The monoisotopic (exact) mass is 571 g/mol. The third-order valence-electron chi connectivity index (χ3n) is 5.78. The molecule has 5 rings (SSSR count). The van der Waals surface area contributed by atoms with Gasteiger partial charge in [0, 0.05) is 21.8 Å². The quantitative estimate of drug-likeness (QED) is 0.334. The van der Waals surface area contributed by atoms with Crippen molar-refractivity contribution in [2.75, 3.05) is 20.9 Å². The SMILES string of the molecule is O=C(CN1c2ccc(F)cc2-c2ccccc2S1(=O)=O)Nc1ccc(S(=O)(=O)Nc2cccc(Cl)c2)cc1. The molecule has 4 aromatic rings. The lowest BCUT2D eigenvalue weighted by molar-refractivity contribution is -0.114. The Morgan fingerprint density at radius 3 is 2.34 bits per heavy atom. The van der Waals surface area contributed by atoms with Crippen molar-refractivity contribution >= 4 is 54.6 Å². The van der Waals surface area contributed by atoms with Gasteiger partial charge in [-0.05, 0) is 66.7 Å². The number of hydrogen-bond acceptors (Lipinski definition) is 5. The normalized spacial score (nSPS) is 13.8. The van der Waals surface area contributed by atoms with Crippen LogP contribution in [0.2, 0.25) is 5.02 Å². The molecular weight excluding hydrogens is 553 g/mol. The van der Waals surface area contributed by atoms with Crippen LogP contribution in [0.15, 0.2) is 101 Å². The predicted molar refractivity (Wildman–Crippen MR) is 144 cm³/mol. The second kappa shape index (κ2) is 9.75. The van der Waals surface area contributed by atoms with Crippen LogP contribution in [0.25, 0.3) is 11.1 Å². The highest BCUT2D eigenvalue weighted by Crippen LogP contribution is 2.43. The Kier molecular flexibility index (Phi) is 6.59. The molecule has 1 aliphatic heterocycles. The molecule has 1 heterocycles. The zero-order valence-corrected chi connectivity index (χ0v) is 21.8. The van der Waals surface area contributed by atoms with E-state index in [2.05, 4.69) is 10.0 Å². The number of fused-ring (bicyclic) bond motifs is 3. The molecule has 0 saturated heterocycles. The fourth-order valence-corrected chi connectivity index (χ4v) is 6.98. The van der Waals surface area contributed by atoms with E-state index in [1.807, 2.05) is 0 Å². The summed E-state index contributed by atoms with van der Waals surface area (Å²) in [5.41, 5.74) is 1.42. The van der Waals surface area contributed by atoms with Crippen LogP contribution in [-0.2, 0) is 24.8 Å². The van der Waals surface area contributed by atoms with Gasteiger partial charge < -0.3 is 5.32 Å². The van der Waals surface area contributed by atoms with Gasteiger partial charge in [0.15, 0.2) is 0 Å². The second-order valence-electron chi connectivity index (χ2n) is 8.36. The van der Waals surface area contributed by atoms with E-state index >= 15 is 0 Å². The van der Waals surface area contributed by atoms with Gasteiger partial charge in [0.1, 0.15) is 12.4 Å². The number of benzene rings is 4. The Balaban J connectivity index is 1.35. The number of amides is 1. The molecule has 0 radical (unpaired) electrons. The van der Waals surface area contributed by atoms with Crippen molar-refractivity contribution in [2.45, 2.75) is 9.79 Å². The van der Waals surface area contributed by atoms with Crippen LogP contribution in [0, 0.1) is 5.82 Å². The third kappa shape index (κ3) is 4.95. The first-order chi connectivity index (χ1) is 18.0. The van der Waals surface area contributed by atoms with Crippen molar-refractivity contribution in [3.05, 3.63) is 102 Å². The van der Waals surface area contributed by atoms with Gasteiger partial charge in [-0.15, -0.1) is 0 Å². The minimum atomic E-state index is -4.10. The van der Waals surface area contributed by atoms with E-state index in [1.165, 1.54) is 48.5 Å². The first-order valence-electron chi connectivity index (χ1n) is 11.1. The molecule has 0 saturated carbocycles. The third-order valence-corrected chi connectivity index (χ3v) is 9.24. The van der Waals surface area contributed by atoms with Crippen LogP contribution in [0.3, 0.4) is 0 Å².